The maximum atomic E-state index is 10.5. The van der Waals surface area contributed by atoms with Gasteiger partial charge in [0.05, 0.1) is 13.2 Å². The Morgan fingerprint density at radius 2 is 2.07 bits per heavy atom. The summed E-state index contributed by atoms with van der Waals surface area (Å²) in [6.45, 7) is 3.53. The highest BCUT2D eigenvalue weighted by atomic mass is 16.5. The molecule has 0 radical (unpaired) electrons. The standard InChI is InChI=1S/C9H13NO4/c11-7-8(9(12)13)1-2-10-3-5-14-6-4-10/h1-6H2,(H,12,13). The molecule has 1 saturated heterocycles. The van der Waals surface area contributed by atoms with Crippen LogP contribution in [0.15, 0.2) is 5.57 Å². The highest BCUT2D eigenvalue weighted by Gasteiger charge is 2.13. The first-order valence-electron chi connectivity index (χ1n) is 4.51. The van der Waals surface area contributed by atoms with E-state index in [4.69, 9.17) is 9.84 Å². The highest BCUT2D eigenvalue weighted by molar-refractivity contribution is 5.95. The van der Waals surface area contributed by atoms with Crippen molar-refractivity contribution in [3.05, 3.63) is 5.57 Å². The molecule has 5 nitrogen and oxygen atoms in total. The highest BCUT2D eigenvalue weighted by Crippen LogP contribution is 2.02. The second kappa shape index (κ2) is 5.54. The summed E-state index contributed by atoms with van der Waals surface area (Å²) in [5.74, 6) is 0.277. The zero-order valence-electron chi connectivity index (χ0n) is 7.86. The second-order valence-corrected chi connectivity index (χ2v) is 3.09. The first kappa shape index (κ1) is 10.9. The van der Waals surface area contributed by atoms with Crippen molar-refractivity contribution >= 4 is 11.9 Å². The van der Waals surface area contributed by atoms with Crippen LogP contribution in [-0.2, 0) is 14.3 Å². The van der Waals surface area contributed by atoms with Gasteiger partial charge in [-0.3, -0.25) is 4.90 Å². The molecule has 5 heteroatoms. The molecule has 1 rings (SSSR count). The third-order valence-electron chi connectivity index (χ3n) is 2.16. The summed E-state index contributed by atoms with van der Waals surface area (Å²) in [7, 11) is 0. The van der Waals surface area contributed by atoms with E-state index in [9.17, 15) is 9.59 Å². The summed E-state index contributed by atoms with van der Waals surface area (Å²) < 4.78 is 5.14. The Morgan fingerprint density at radius 3 is 2.57 bits per heavy atom. The third kappa shape index (κ3) is 3.30. The SMILES string of the molecule is O=C=C(CCN1CCOCC1)C(=O)O. The van der Waals surface area contributed by atoms with Crippen LogP contribution in [0.3, 0.4) is 0 Å². The Labute approximate surface area is 82.0 Å². The average Bonchev–Trinajstić information content (AvgIpc) is 2.20. The smallest absolute Gasteiger partial charge is 0.342 e. The average molecular weight is 199 g/mol. The Morgan fingerprint density at radius 1 is 1.43 bits per heavy atom. The van der Waals surface area contributed by atoms with Gasteiger partial charge in [-0.15, -0.1) is 0 Å². The lowest BCUT2D eigenvalue weighted by atomic mass is 10.2. The number of hydrogen-bond donors (Lipinski definition) is 1. The van der Waals surface area contributed by atoms with E-state index >= 15 is 0 Å². The van der Waals surface area contributed by atoms with Crippen molar-refractivity contribution in [1.82, 2.24) is 4.90 Å². The molecule has 14 heavy (non-hydrogen) atoms. The van der Waals surface area contributed by atoms with Crippen LogP contribution in [-0.4, -0.2) is 54.8 Å². The van der Waals surface area contributed by atoms with Crippen molar-refractivity contribution < 1.29 is 19.4 Å². The van der Waals surface area contributed by atoms with Gasteiger partial charge in [0, 0.05) is 26.1 Å². The van der Waals surface area contributed by atoms with Crippen molar-refractivity contribution in [2.45, 2.75) is 6.42 Å². The van der Waals surface area contributed by atoms with E-state index in [-0.39, 0.29) is 12.0 Å². The number of carboxylic acids is 1. The maximum Gasteiger partial charge on any atom is 0.342 e. The van der Waals surface area contributed by atoms with Crippen LogP contribution in [0.1, 0.15) is 6.42 Å². The van der Waals surface area contributed by atoms with Gasteiger partial charge in [-0.1, -0.05) is 0 Å². The number of aliphatic carboxylic acids is 1. The minimum atomic E-state index is -1.17. The Balaban J connectivity index is 2.31. The zero-order valence-corrected chi connectivity index (χ0v) is 7.86. The normalized spacial score (nSPS) is 17.4. The number of carbonyl (C=O) groups is 1. The van der Waals surface area contributed by atoms with Gasteiger partial charge in [0.1, 0.15) is 11.5 Å². The monoisotopic (exact) mass is 199 g/mol. The number of rotatable bonds is 4. The van der Waals surface area contributed by atoms with Gasteiger partial charge >= 0.3 is 5.97 Å². The van der Waals surface area contributed by atoms with Gasteiger partial charge in [0.15, 0.2) is 0 Å². The van der Waals surface area contributed by atoms with E-state index in [0.717, 1.165) is 13.1 Å². The lowest BCUT2D eigenvalue weighted by Crippen LogP contribution is -2.37. The summed E-state index contributed by atoms with van der Waals surface area (Å²) in [6, 6.07) is 0. The first-order valence-corrected chi connectivity index (χ1v) is 4.51. The molecule has 0 saturated carbocycles. The number of carbonyl (C=O) groups excluding carboxylic acids is 1. The quantitative estimate of drug-likeness (QED) is 0.490. The second-order valence-electron chi connectivity index (χ2n) is 3.09. The molecular weight excluding hydrogens is 186 g/mol. The van der Waals surface area contributed by atoms with Gasteiger partial charge in [0.2, 0.25) is 0 Å². The van der Waals surface area contributed by atoms with Gasteiger partial charge in [-0.05, 0) is 0 Å². The molecule has 0 spiro atoms. The zero-order chi connectivity index (χ0) is 10.4. The van der Waals surface area contributed by atoms with Gasteiger partial charge in [0.25, 0.3) is 0 Å². The lowest BCUT2D eigenvalue weighted by molar-refractivity contribution is -0.132. The fourth-order valence-electron chi connectivity index (χ4n) is 1.30. The van der Waals surface area contributed by atoms with Gasteiger partial charge < -0.3 is 9.84 Å². The van der Waals surface area contributed by atoms with Crippen molar-refractivity contribution in [2.75, 3.05) is 32.8 Å². The lowest BCUT2D eigenvalue weighted by Gasteiger charge is -2.26. The van der Waals surface area contributed by atoms with Crippen molar-refractivity contribution in [1.29, 1.82) is 0 Å². The summed E-state index contributed by atoms with van der Waals surface area (Å²) in [5.41, 5.74) is -0.184. The Kier molecular flexibility index (Phi) is 4.32. The minimum absolute atomic E-state index is 0.184. The van der Waals surface area contributed by atoms with Crippen LogP contribution in [0.2, 0.25) is 0 Å². The summed E-state index contributed by atoms with van der Waals surface area (Å²) in [6.07, 6.45) is 0.249. The summed E-state index contributed by atoms with van der Waals surface area (Å²) >= 11 is 0. The summed E-state index contributed by atoms with van der Waals surface area (Å²) in [4.78, 5) is 22.8. The molecule has 0 aliphatic carbocycles. The van der Waals surface area contributed by atoms with E-state index in [1.165, 1.54) is 5.94 Å². The molecule has 0 aromatic rings. The molecule has 1 heterocycles. The molecule has 0 atom stereocenters. The van der Waals surface area contributed by atoms with E-state index < -0.39 is 5.97 Å². The number of hydrogen-bond acceptors (Lipinski definition) is 4. The molecule has 78 valence electrons. The number of ether oxygens (including phenoxy) is 1. The van der Waals surface area contributed by atoms with Crippen LogP contribution in [0.5, 0.6) is 0 Å². The molecule has 0 bridgehead atoms. The van der Waals surface area contributed by atoms with Crippen LogP contribution >= 0.6 is 0 Å². The fraction of sp³-hybridized carbons (Fsp3) is 0.667. The largest absolute Gasteiger partial charge is 0.477 e. The van der Waals surface area contributed by atoms with E-state index in [0.29, 0.717) is 19.8 Å². The van der Waals surface area contributed by atoms with Crippen LogP contribution in [0, 0.1) is 0 Å². The van der Waals surface area contributed by atoms with E-state index in [1.807, 2.05) is 0 Å². The molecular formula is C9H13NO4. The molecule has 1 fully saturated rings. The first-order chi connectivity index (χ1) is 6.74. The van der Waals surface area contributed by atoms with Gasteiger partial charge in [-0.25, -0.2) is 9.59 Å². The van der Waals surface area contributed by atoms with E-state index in [2.05, 4.69) is 4.90 Å². The summed E-state index contributed by atoms with van der Waals surface area (Å²) in [5, 5.41) is 8.56. The third-order valence-corrected chi connectivity index (χ3v) is 2.16. The topological polar surface area (TPSA) is 66.8 Å². The molecule has 1 aliphatic heterocycles. The minimum Gasteiger partial charge on any atom is -0.477 e. The molecule has 0 amide bonds. The predicted molar refractivity (Wildman–Crippen MR) is 48.7 cm³/mol. The Bertz CT molecular complexity index is 252. The van der Waals surface area contributed by atoms with Crippen LogP contribution in [0.25, 0.3) is 0 Å². The maximum absolute atomic E-state index is 10.5. The predicted octanol–water partition coefficient (Wildman–Crippen LogP) is -0.449. The van der Waals surface area contributed by atoms with E-state index in [1.54, 1.807) is 0 Å². The molecule has 0 aromatic carbocycles. The number of nitrogens with zero attached hydrogens (tertiary/aromatic N) is 1. The molecule has 0 aromatic heterocycles. The van der Waals surface area contributed by atoms with Gasteiger partial charge in [-0.2, -0.15) is 0 Å². The van der Waals surface area contributed by atoms with Crippen LogP contribution < -0.4 is 0 Å². The van der Waals surface area contributed by atoms with Crippen molar-refractivity contribution in [3.63, 3.8) is 0 Å². The van der Waals surface area contributed by atoms with Crippen molar-refractivity contribution in [3.8, 4) is 0 Å². The molecule has 0 unspecified atom stereocenters. The molecule has 1 N–H and O–H groups in total. The molecule has 1 aliphatic rings. The number of carboxylic acid groups (broad SMARTS) is 1. The van der Waals surface area contributed by atoms with Crippen molar-refractivity contribution in [2.24, 2.45) is 0 Å². The fourth-order valence-corrected chi connectivity index (χ4v) is 1.30. The number of morpholine rings is 1. The Hall–Kier alpha value is -1.16. The van der Waals surface area contributed by atoms with Crippen LogP contribution in [0.4, 0.5) is 0 Å².